The largest absolute Gasteiger partial charge is 0.456 e. The van der Waals surface area contributed by atoms with Gasteiger partial charge in [-0.3, -0.25) is 4.79 Å². The molecule has 2 heterocycles. The number of carbonyl (C=O) groups is 1. The Bertz CT molecular complexity index is 557. The van der Waals surface area contributed by atoms with Gasteiger partial charge in [-0.15, -0.1) is 0 Å². The number of rotatable bonds is 3. The van der Waals surface area contributed by atoms with Crippen LogP contribution in [0.3, 0.4) is 0 Å². The SMILES string of the molecule is Cc1ccc(C(=O)NN=Cc2ccc(Br)o2)o1. The fourth-order valence-electron chi connectivity index (χ4n) is 1.16. The fraction of sp³-hybridized carbons (Fsp3) is 0.0909. The van der Waals surface area contributed by atoms with Gasteiger partial charge >= 0.3 is 5.91 Å². The highest BCUT2D eigenvalue weighted by Gasteiger charge is 2.08. The molecule has 6 heteroatoms. The van der Waals surface area contributed by atoms with Gasteiger partial charge in [0.2, 0.25) is 0 Å². The van der Waals surface area contributed by atoms with Gasteiger partial charge in [0.05, 0.1) is 6.21 Å². The normalized spacial score (nSPS) is 10.9. The molecule has 1 amide bonds. The topological polar surface area (TPSA) is 67.7 Å². The molecule has 88 valence electrons. The average molecular weight is 297 g/mol. The van der Waals surface area contributed by atoms with E-state index < -0.39 is 5.91 Å². The molecule has 17 heavy (non-hydrogen) atoms. The number of hydrogen-bond acceptors (Lipinski definition) is 4. The molecule has 0 fully saturated rings. The Hall–Kier alpha value is -1.82. The minimum Gasteiger partial charge on any atom is -0.456 e. The molecule has 1 N–H and O–H groups in total. The van der Waals surface area contributed by atoms with Crippen molar-refractivity contribution in [3.63, 3.8) is 0 Å². The van der Waals surface area contributed by atoms with Gasteiger partial charge in [-0.25, -0.2) is 5.43 Å². The molecule has 0 saturated heterocycles. The number of nitrogens with one attached hydrogen (secondary N) is 1. The number of nitrogens with zero attached hydrogens (tertiary/aromatic N) is 1. The highest BCUT2D eigenvalue weighted by Crippen LogP contribution is 2.12. The first-order chi connectivity index (χ1) is 8.15. The van der Waals surface area contributed by atoms with Crippen molar-refractivity contribution in [1.82, 2.24) is 5.43 Å². The minimum absolute atomic E-state index is 0.222. The second-order valence-electron chi connectivity index (χ2n) is 3.25. The summed E-state index contributed by atoms with van der Waals surface area (Å²) in [7, 11) is 0. The van der Waals surface area contributed by atoms with E-state index >= 15 is 0 Å². The molecule has 2 aromatic rings. The Morgan fingerprint density at radius 1 is 1.35 bits per heavy atom. The van der Waals surface area contributed by atoms with Crippen LogP contribution >= 0.6 is 15.9 Å². The zero-order valence-corrected chi connectivity index (χ0v) is 10.5. The summed E-state index contributed by atoms with van der Waals surface area (Å²) < 4.78 is 10.9. The molecule has 5 nitrogen and oxygen atoms in total. The first kappa shape index (κ1) is 11.7. The van der Waals surface area contributed by atoms with Crippen LogP contribution in [0.2, 0.25) is 0 Å². The van der Waals surface area contributed by atoms with Crippen molar-refractivity contribution in [3.8, 4) is 0 Å². The summed E-state index contributed by atoms with van der Waals surface area (Å²) >= 11 is 3.16. The molecular formula is C11H9BrN2O3. The monoisotopic (exact) mass is 296 g/mol. The van der Waals surface area contributed by atoms with E-state index in [0.717, 1.165) is 0 Å². The third-order valence-corrected chi connectivity index (χ3v) is 2.34. The Morgan fingerprint density at radius 2 is 2.18 bits per heavy atom. The lowest BCUT2D eigenvalue weighted by Gasteiger charge is -1.94. The molecular weight excluding hydrogens is 288 g/mol. The number of halogens is 1. The summed E-state index contributed by atoms with van der Waals surface area (Å²) in [5.74, 6) is 1.03. The molecule has 0 aliphatic heterocycles. The van der Waals surface area contributed by atoms with Gasteiger partial charge in [-0.1, -0.05) is 0 Å². The van der Waals surface area contributed by atoms with Crippen LogP contribution in [0.15, 0.2) is 42.9 Å². The van der Waals surface area contributed by atoms with Gasteiger partial charge in [-0.2, -0.15) is 5.10 Å². The summed E-state index contributed by atoms with van der Waals surface area (Å²) in [4.78, 5) is 11.5. The van der Waals surface area contributed by atoms with Crippen LogP contribution in [0.5, 0.6) is 0 Å². The molecule has 0 bridgehead atoms. The lowest BCUT2D eigenvalue weighted by Crippen LogP contribution is -2.16. The molecule has 0 atom stereocenters. The predicted octanol–water partition coefficient (Wildman–Crippen LogP) is 2.71. The lowest BCUT2D eigenvalue weighted by atomic mass is 10.4. The highest BCUT2D eigenvalue weighted by molar-refractivity contribution is 9.10. The van der Waals surface area contributed by atoms with Crippen LogP contribution in [0.25, 0.3) is 0 Å². The zero-order valence-electron chi connectivity index (χ0n) is 8.94. The third kappa shape index (κ3) is 3.07. The van der Waals surface area contributed by atoms with Gasteiger partial charge < -0.3 is 8.83 Å². The number of hydrazone groups is 1. The first-order valence-electron chi connectivity index (χ1n) is 4.80. The van der Waals surface area contributed by atoms with E-state index in [1.807, 2.05) is 0 Å². The maximum atomic E-state index is 11.5. The second-order valence-corrected chi connectivity index (χ2v) is 4.03. The van der Waals surface area contributed by atoms with E-state index in [9.17, 15) is 4.79 Å². The summed E-state index contributed by atoms with van der Waals surface area (Å²) in [5, 5.41) is 3.74. The predicted molar refractivity (Wildman–Crippen MR) is 64.9 cm³/mol. The summed E-state index contributed by atoms with van der Waals surface area (Å²) in [6.45, 7) is 1.76. The van der Waals surface area contributed by atoms with E-state index in [4.69, 9.17) is 8.83 Å². The smallest absolute Gasteiger partial charge is 0.307 e. The van der Waals surface area contributed by atoms with E-state index in [1.54, 1.807) is 31.2 Å². The number of carbonyl (C=O) groups excluding carboxylic acids is 1. The molecule has 2 rings (SSSR count). The lowest BCUT2D eigenvalue weighted by molar-refractivity contribution is 0.0926. The Labute approximate surface area is 106 Å². The molecule has 0 saturated carbocycles. The fourth-order valence-corrected chi connectivity index (χ4v) is 1.48. The Morgan fingerprint density at radius 3 is 2.76 bits per heavy atom. The van der Waals surface area contributed by atoms with Crippen LogP contribution in [0, 0.1) is 6.92 Å². The van der Waals surface area contributed by atoms with Gasteiger partial charge in [-0.05, 0) is 47.1 Å². The zero-order chi connectivity index (χ0) is 12.3. The molecule has 0 unspecified atom stereocenters. The van der Waals surface area contributed by atoms with Gasteiger partial charge in [0.1, 0.15) is 11.5 Å². The first-order valence-corrected chi connectivity index (χ1v) is 5.59. The third-order valence-electron chi connectivity index (χ3n) is 1.92. The van der Waals surface area contributed by atoms with Crippen LogP contribution in [0.1, 0.15) is 22.1 Å². The van der Waals surface area contributed by atoms with Crippen molar-refractivity contribution in [3.05, 3.63) is 46.2 Å². The van der Waals surface area contributed by atoms with Crippen LogP contribution in [-0.2, 0) is 0 Å². The van der Waals surface area contributed by atoms with Crippen molar-refractivity contribution in [2.75, 3.05) is 0 Å². The Kier molecular flexibility index (Phi) is 3.43. The molecule has 0 spiro atoms. The average Bonchev–Trinajstić information content (AvgIpc) is 2.88. The van der Waals surface area contributed by atoms with E-state index in [2.05, 4.69) is 26.5 Å². The van der Waals surface area contributed by atoms with E-state index in [1.165, 1.54) is 6.21 Å². The van der Waals surface area contributed by atoms with Crippen molar-refractivity contribution in [2.24, 2.45) is 5.10 Å². The Balaban J connectivity index is 1.94. The van der Waals surface area contributed by atoms with E-state index in [0.29, 0.717) is 16.2 Å². The highest BCUT2D eigenvalue weighted by atomic mass is 79.9. The standard InChI is InChI=1S/C11H9BrN2O3/c1-7-2-4-9(16-7)11(15)14-13-6-8-3-5-10(12)17-8/h2-6H,1H3,(H,14,15). The van der Waals surface area contributed by atoms with Gasteiger partial charge in [0.25, 0.3) is 0 Å². The van der Waals surface area contributed by atoms with Gasteiger partial charge in [0, 0.05) is 0 Å². The molecule has 0 aliphatic carbocycles. The van der Waals surface area contributed by atoms with Crippen molar-refractivity contribution >= 4 is 28.1 Å². The van der Waals surface area contributed by atoms with Crippen LogP contribution in [0.4, 0.5) is 0 Å². The van der Waals surface area contributed by atoms with Crippen molar-refractivity contribution in [2.45, 2.75) is 6.92 Å². The minimum atomic E-state index is -0.403. The van der Waals surface area contributed by atoms with Gasteiger partial charge in [0.15, 0.2) is 10.4 Å². The number of aryl methyl sites for hydroxylation is 1. The number of furan rings is 2. The molecule has 0 radical (unpaired) electrons. The van der Waals surface area contributed by atoms with E-state index in [-0.39, 0.29) is 5.76 Å². The second kappa shape index (κ2) is 5.01. The molecule has 2 aromatic heterocycles. The maximum Gasteiger partial charge on any atom is 0.307 e. The summed E-state index contributed by atoms with van der Waals surface area (Å²) in [6.07, 6.45) is 1.40. The summed E-state index contributed by atoms with van der Waals surface area (Å²) in [6, 6.07) is 6.75. The summed E-state index contributed by atoms with van der Waals surface area (Å²) in [5.41, 5.74) is 2.33. The molecule has 0 aromatic carbocycles. The van der Waals surface area contributed by atoms with Crippen LogP contribution in [-0.4, -0.2) is 12.1 Å². The number of amides is 1. The number of hydrogen-bond donors (Lipinski definition) is 1. The maximum absolute atomic E-state index is 11.5. The van der Waals surface area contributed by atoms with Crippen molar-refractivity contribution < 1.29 is 13.6 Å². The quantitative estimate of drug-likeness (QED) is 0.699. The van der Waals surface area contributed by atoms with Crippen LogP contribution < -0.4 is 5.43 Å². The van der Waals surface area contributed by atoms with Crippen molar-refractivity contribution in [1.29, 1.82) is 0 Å². The molecule has 0 aliphatic rings.